The van der Waals surface area contributed by atoms with E-state index in [1.807, 2.05) is 30.3 Å². The number of fused-ring (bicyclic) bond motifs is 2. The molecule has 11 heteroatoms. The molecule has 0 bridgehead atoms. The van der Waals surface area contributed by atoms with Crippen molar-refractivity contribution in [3.8, 4) is 28.8 Å². The van der Waals surface area contributed by atoms with Crippen LogP contribution in [0.3, 0.4) is 0 Å². The Labute approximate surface area is 244 Å². The van der Waals surface area contributed by atoms with E-state index in [0.717, 1.165) is 5.56 Å². The number of benzene rings is 3. The van der Waals surface area contributed by atoms with Crippen LogP contribution in [0.5, 0.6) is 5.75 Å². The van der Waals surface area contributed by atoms with Crippen LogP contribution in [-0.2, 0) is 11.3 Å². The van der Waals surface area contributed by atoms with Crippen molar-refractivity contribution in [1.82, 2.24) is 29.7 Å². The van der Waals surface area contributed by atoms with E-state index in [1.165, 1.54) is 6.33 Å². The van der Waals surface area contributed by atoms with Crippen LogP contribution in [0.2, 0.25) is 5.02 Å². The number of nitrogens with zero attached hydrogens (tertiary/aromatic N) is 5. The average molecular weight is 578 g/mol. The number of aromatic amines is 1. The zero-order valence-corrected chi connectivity index (χ0v) is 23.1. The first kappa shape index (κ1) is 27.0. The highest BCUT2D eigenvalue weighted by Gasteiger charge is 2.24. The molecule has 3 aromatic carbocycles. The third kappa shape index (κ3) is 5.14. The van der Waals surface area contributed by atoms with Crippen molar-refractivity contribution in [3.63, 3.8) is 0 Å². The molecule has 0 radical (unpaired) electrons. The summed E-state index contributed by atoms with van der Waals surface area (Å²) in [5.74, 6) is 6.17. The lowest BCUT2D eigenvalue weighted by molar-refractivity contribution is 0.240. The number of nitrogens with one attached hydrogen (secondary N) is 1. The maximum atomic E-state index is 13.5. The van der Waals surface area contributed by atoms with E-state index in [1.54, 1.807) is 48.2 Å². The number of anilines is 1. The van der Waals surface area contributed by atoms with Crippen molar-refractivity contribution >= 4 is 39.4 Å². The Morgan fingerprint density at radius 1 is 1.10 bits per heavy atom. The van der Waals surface area contributed by atoms with Crippen LogP contribution >= 0.6 is 11.6 Å². The number of phenols is 1. The van der Waals surface area contributed by atoms with E-state index in [4.69, 9.17) is 32.2 Å². The Morgan fingerprint density at radius 3 is 2.74 bits per heavy atom. The number of nitrogens with two attached hydrogens (primary N) is 1. The summed E-state index contributed by atoms with van der Waals surface area (Å²) in [5, 5.41) is 16.5. The SMILES string of the molecule is COCC#Cc1cccc2nc(C(Cn3nc(-c4cccc(O)c4)c4c(N)ncnc43)c3cccc(Cl)c3)[nH]c(=O)c12. The van der Waals surface area contributed by atoms with Gasteiger partial charge in [0.15, 0.2) is 5.65 Å². The number of halogens is 1. The van der Waals surface area contributed by atoms with Gasteiger partial charge in [-0.3, -0.25) is 4.79 Å². The number of rotatable bonds is 6. The molecule has 6 rings (SSSR count). The van der Waals surface area contributed by atoms with Gasteiger partial charge in [-0.25, -0.2) is 19.6 Å². The molecule has 0 aliphatic carbocycles. The largest absolute Gasteiger partial charge is 0.508 e. The summed E-state index contributed by atoms with van der Waals surface area (Å²) < 4.78 is 6.73. The number of hydrogen-bond donors (Lipinski definition) is 3. The fourth-order valence-corrected chi connectivity index (χ4v) is 5.14. The fraction of sp³-hybridized carbons (Fsp3) is 0.129. The normalized spacial score (nSPS) is 11.9. The highest BCUT2D eigenvalue weighted by Crippen LogP contribution is 2.34. The molecule has 0 fully saturated rings. The Balaban J connectivity index is 1.53. The minimum absolute atomic E-state index is 0.0895. The summed E-state index contributed by atoms with van der Waals surface area (Å²) in [6, 6.07) is 19.5. The van der Waals surface area contributed by atoms with Crippen LogP contribution in [0.1, 0.15) is 22.9 Å². The highest BCUT2D eigenvalue weighted by atomic mass is 35.5. The van der Waals surface area contributed by atoms with Crippen LogP contribution in [-0.4, -0.2) is 48.5 Å². The van der Waals surface area contributed by atoms with E-state index in [-0.39, 0.29) is 30.3 Å². The van der Waals surface area contributed by atoms with Crippen LogP contribution in [0.4, 0.5) is 5.82 Å². The van der Waals surface area contributed by atoms with Crippen LogP contribution in [0.25, 0.3) is 33.2 Å². The first-order valence-electron chi connectivity index (χ1n) is 13.0. The van der Waals surface area contributed by atoms with E-state index in [0.29, 0.717) is 49.6 Å². The van der Waals surface area contributed by atoms with Crippen molar-refractivity contribution in [3.05, 3.63) is 105 Å². The molecule has 10 nitrogen and oxygen atoms in total. The lowest BCUT2D eigenvalue weighted by Gasteiger charge is -2.18. The number of ether oxygens (including phenoxy) is 1. The van der Waals surface area contributed by atoms with Crippen molar-refractivity contribution in [1.29, 1.82) is 0 Å². The predicted octanol–water partition coefficient (Wildman–Crippen LogP) is 4.50. The Kier molecular flexibility index (Phi) is 7.27. The lowest BCUT2D eigenvalue weighted by Crippen LogP contribution is -2.20. The minimum Gasteiger partial charge on any atom is -0.508 e. The molecule has 0 saturated carbocycles. The minimum atomic E-state index is -0.486. The van der Waals surface area contributed by atoms with Gasteiger partial charge in [-0.05, 0) is 42.0 Å². The Morgan fingerprint density at radius 2 is 1.93 bits per heavy atom. The number of phenolic OH excluding ortho intramolecular Hbond substituents is 1. The van der Waals surface area contributed by atoms with Crippen molar-refractivity contribution in [2.75, 3.05) is 19.5 Å². The summed E-state index contributed by atoms with van der Waals surface area (Å²) in [6.07, 6.45) is 1.37. The summed E-state index contributed by atoms with van der Waals surface area (Å²) in [6.45, 7) is 0.473. The molecule has 0 amide bonds. The maximum absolute atomic E-state index is 13.5. The van der Waals surface area contributed by atoms with E-state index in [9.17, 15) is 9.90 Å². The van der Waals surface area contributed by atoms with Crippen LogP contribution in [0, 0.1) is 11.8 Å². The summed E-state index contributed by atoms with van der Waals surface area (Å²) in [5.41, 5.74) is 9.51. The van der Waals surface area contributed by atoms with Crippen LogP contribution < -0.4 is 11.3 Å². The second-order valence-corrected chi connectivity index (χ2v) is 9.97. The Bertz CT molecular complexity index is 2080. The second kappa shape index (κ2) is 11.3. The number of aromatic hydroxyl groups is 1. The van der Waals surface area contributed by atoms with Gasteiger partial charge in [-0.15, -0.1) is 0 Å². The molecule has 42 heavy (non-hydrogen) atoms. The van der Waals surface area contributed by atoms with Gasteiger partial charge >= 0.3 is 0 Å². The zero-order chi connectivity index (χ0) is 29.2. The zero-order valence-electron chi connectivity index (χ0n) is 22.4. The molecule has 0 aliphatic rings. The maximum Gasteiger partial charge on any atom is 0.260 e. The third-order valence-corrected chi connectivity index (χ3v) is 7.04. The summed E-state index contributed by atoms with van der Waals surface area (Å²) in [7, 11) is 1.56. The molecule has 0 spiro atoms. The van der Waals surface area contributed by atoms with Gasteiger partial charge in [-0.1, -0.05) is 53.8 Å². The fourth-order valence-electron chi connectivity index (χ4n) is 4.94. The molecule has 3 heterocycles. The van der Waals surface area contributed by atoms with Gasteiger partial charge < -0.3 is 20.6 Å². The van der Waals surface area contributed by atoms with Gasteiger partial charge in [0.05, 0.1) is 28.8 Å². The average Bonchev–Trinajstić information content (AvgIpc) is 3.35. The number of hydrogen-bond acceptors (Lipinski definition) is 8. The number of methoxy groups -OCH3 is 1. The second-order valence-electron chi connectivity index (χ2n) is 9.53. The quantitative estimate of drug-likeness (QED) is 0.245. The summed E-state index contributed by atoms with van der Waals surface area (Å²) >= 11 is 6.40. The van der Waals surface area contributed by atoms with E-state index in [2.05, 4.69) is 26.8 Å². The lowest BCUT2D eigenvalue weighted by atomic mass is 9.97. The Hall–Kier alpha value is -5.24. The molecule has 1 atom stereocenters. The molecule has 6 aromatic rings. The number of aromatic nitrogens is 6. The monoisotopic (exact) mass is 577 g/mol. The number of nitrogen functional groups attached to an aromatic ring is 1. The van der Waals surface area contributed by atoms with Crippen molar-refractivity contribution in [2.45, 2.75) is 12.5 Å². The van der Waals surface area contributed by atoms with Crippen molar-refractivity contribution in [2.24, 2.45) is 0 Å². The molecule has 208 valence electrons. The van der Waals surface area contributed by atoms with Gasteiger partial charge in [-0.2, -0.15) is 5.10 Å². The molecular formula is C31H24ClN7O3. The molecule has 1 unspecified atom stereocenters. The topological polar surface area (TPSA) is 145 Å². The van der Waals surface area contributed by atoms with Gasteiger partial charge in [0, 0.05) is 23.3 Å². The van der Waals surface area contributed by atoms with Crippen LogP contribution in [0.15, 0.2) is 77.9 Å². The van der Waals surface area contributed by atoms with E-state index < -0.39 is 5.92 Å². The number of H-pyrrole nitrogens is 1. The molecule has 4 N–H and O–H groups in total. The smallest absolute Gasteiger partial charge is 0.260 e. The van der Waals surface area contributed by atoms with Gasteiger partial charge in [0.2, 0.25) is 0 Å². The third-order valence-electron chi connectivity index (χ3n) is 6.81. The first-order chi connectivity index (χ1) is 20.4. The molecule has 0 saturated heterocycles. The molecule has 0 aliphatic heterocycles. The first-order valence-corrected chi connectivity index (χ1v) is 13.3. The highest BCUT2D eigenvalue weighted by molar-refractivity contribution is 6.30. The molecular weight excluding hydrogens is 554 g/mol. The predicted molar refractivity (Wildman–Crippen MR) is 161 cm³/mol. The van der Waals surface area contributed by atoms with Crippen molar-refractivity contribution < 1.29 is 9.84 Å². The van der Waals surface area contributed by atoms with E-state index >= 15 is 0 Å². The summed E-state index contributed by atoms with van der Waals surface area (Å²) in [4.78, 5) is 30.0. The standard InChI is InChI=1S/C31H24ClN7O3/c1-42-13-5-9-18-6-4-12-24-25(18)31(41)37-29(36-24)23(19-7-2-10-21(32)14-19)16-39-30-26(28(33)34-17-35-30)27(38-39)20-8-3-11-22(40)15-20/h2-4,6-8,10-12,14-15,17,23,40H,13,16H2,1H3,(H2,33,34,35)(H,36,37,41). The van der Waals surface area contributed by atoms with Gasteiger partial charge in [0.25, 0.3) is 5.56 Å². The molecule has 3 aromatic heterocycles. The van der Waals surface area contributed by atoms with Gasteiger partial charge in [0.1, 0.15) is 36.0 Å².